The molecular weight excluding hydrogens is 520 g/mol. The van der Waals surface area contributed by atoms with E-state index in [2.05, 4.69) is 28.5 Å². The van der Waals surface area contributed by atoms with Crippen molar-refractivity contribution in [3.05, 3.63) is 60.4 Å². The predicted molar refractivity (Wildman–Crippen MR) is 162 cm³/mol. The summed E-state index contributed by atoms with van der Waals surface area (Å²) in [5, 5.41) is 6.09. The standard InChI is InChI=1S/C17H16N4O2.C12H20N2O2.C2H2/c1-11-9-12-10-14(7-8-15(12)23-11)19-16(18)21-17(22)20-13-5-3-2-4-6-13;15-11-6-2-1-3-9-14(11)10-12(16)13-7-4-5-8-13;1-2/h2-10H,1H3,(H4,18,19,20,21,22);1-10H2;1-2H. The predicted octanol–water partition coefficient (Wildman–Crippen LogP) is 4.77. The molecule has 2 aliphatic heterocycles. The Morgan fingerprint density at radius 2 is 1.68 bits per heavy atom. The lowest BCUT2D eigenvalue weighted by molar-refractivity contribution is -0.139. The van der Waals surface area contributed by atoms with Gasteiger partial charge in [-0.1, -0.05) is 24.6 Å². The van der Waals surface area contributed by atoms with Crippen LogP contribution in [0, 0.1) is 19.8 Å². The molecule has 0 saturated carbocycles. The van der Waals surface area contributed by atoms with E-state index in [1.165, 1.54) is 0 Å². The van der Waals surface area contributed by atoms with Crippen LogP contribution in [0.15, 0.2) is 64.0 Å². The summed E-state index contributed by atoms with van der Waals surface area (Å²) in [6.07, 6.45) is 14.0. The van der Waals surface area contributed by atoms with Crippen LogP contribution in [0.2, 0.25) is 0 Å². The van der Waals surface area contributed by atoms with Crippen molar-refractivity contribution in [2.24, 2.45) is 10.7 Å². The van der Waals surface area contributed by atoms with Crippen LogP contribution in [-0.2, 0) is 9.59 Å². The number of aliphatic imine (C=N–C) groups is 1. The average molecular weight is 559 g/mol. The summed E-state index contributed by atoms with van der Waals surface area (Å²) in [6.45, 7) is 4.70. The van der Waals surface area contributed by atoms with E-state index < -0.39 is 6.03 Å². The van der Waals surface area contributed by atoms with Crippen molar-refractivity contribution in [2.45, 2.75) is 45.4 Å². The molecule has 0 atom stereocenters. The molecule has 10 heteroatoms. The third-order valence-electron chi connectivity index (χ3n) is 6.60. The van der Waals surface area contributed by atoms with Crippen LogP contribution in [0.5, 0.6) is 0 Å². The highest BCUT2D eigenvalue weighted by Crippen LogP contribution is 2.24. The van der Waals surface area contributed by atoms with Gasteiger partial charge in [0.15, 0.2) is 0 Å². The van der Waals surface area contributed by atoms with Crippen LogP contribution >= 0.6 is 0 Å². The van der Waals surface area contributed by atoms with Gasteiger partial charge in [-0.25, -0.2) is 9.79 Å². The lowest BCUT2D eigenvalue weighted by Crippen LogP contribution is -2.41. The maximum absolute atomic E-state index is 11.9. The maximum Gasteiger partial charge on any atom is 0.325 e. The molecule has 4 amide bonds. The first-order chi connectivity index (χ1) is 19.9. The number of furan rings is 1. The molecule has 5 rings (SSSR count). The van der Waals surface area contributed by atoms with Gasteiger partial charge in [-0.05, 0) is 69.0 Å². The van der Waals surface area contributed by atoms with Crippen LogP contribution in [0.25, 0.3) is 11.0 Å². The van der Waals surface area contributed by atoms with Crippen LogP contribution in [0.3, 0.4) is 0 Å². The Bertz CT molecular complexity index is 1360. The number of nitrogens with one attached hydrogen (secondary N) is 2. The molecule has 216 valence electrons. The minimum absolute atomic E-state index is 0.0120. The van der Waals surface area contributed by atoms with Crippen molar-refractivity contribution in [1.82, 2.24) is 15.1 Å². The highest BCUT2D eigenvalue weighted by atomic mass is 16.3. The van der Waals surface area contributed by atoms with Crippen molar-refractivity contribution in [3.63, 3.8) is 0 Å². The Balaban J connectivity index is 0.000000225. The molecule has 0 unspecified atom stereocenters. The Kier molecular flexibility index (Phi) is 11.8. The molecule has 2 aliphatic rings. The number of terminal acetylenes is 1. The van der Waals surface area contributed by atoms with E-state index in [1.807, 2.05) is 48.2 Å². The van der Waals surface area contributed by atoms with Crippen LogP contribution in [-0.4, -0.2) is 59.8 Å². The van der Waals surface area contributed by atoms with E-state index in [1.54, 1.807) is 23.1 Å². The normalized spacial score (nSPS) is 15.2. The number of urea groups is 1. The van der Waals surface area contributed by atoms with Crippen molar-refractivity contribution in [3.8, 4) is 12.8 Å². The summed E-state index contributed by atoms with van der Waals surface area (Å²) in [4.78, 5) is 43.3. The first-order valence-corrected chi connectivity index (χ1v) is 13.7. The summed E-state index contributed by atoms with van der Waals surface area (Å²) < 4.78 is 5.50. The van der Waals surface area contributed by atoms with Gasteiger partial charge in [0.2, 0.25) is 17.8 Å². The SMILES string of the molecule is C#C.Cc1cc2cc(N=C(N)NC(=O)Nc3ccccc3)ccc2o1.O=C(CN1CCCCCC1=O)N1CCCC1. The van der Waals surface area contributed by atoms with E-state index in [0.29, 0.717) is 24.3 Å². The minimum Gasteiger partial charge on any atom is -0.461 e. The fraction of sp³-hybridized carbons (Fsp3) is 0.355. The number of hydrogen-bond donors (Lipinski definition) is 3. The summed E-state index contributed by atoms with van der Waals surface area (Å²) in [5.74, 6) is 1.13. The smallest absolute Gasteiger partial charge is 0.325 e. The number of benzene rings is 2. The largest absolute Gasteiger partial charge is 0.461 e. The molecule has 0 aliphatic carbocycles. The first kappa shape index (κ1) is 30.8. The first-order valence-electron chi connectivity index (χ1n) is 13.7. The third-order valence-corrected chi connectivity index (χ3v) is 6.60. The van der Waals surface area contributed by atoms with E-state index >= 15 is 0 Å². The lowest BCUT2D eigenvalue weighted by Gasteiger charge is -2.23. The summed E-state index contributed by atoms with van der Waals surface area (Å²) >= 11 is 0. The van der Waals surface area contributed by atoms with Gasteiger partial charge in [0, 0.05) is 37.1 Å². The van der Waals surface area contributed by atoms with E-state index in [4.69, 9.17) is 10.2 Å². The van der Waals surface area contributed by atoms with Gasteiger partial charge in [-0.2, -0.15) is 0 Å². The van der Waals surface area contributed by atoms with Crippen molar-refractivity contribution >= 4 is 46.1 Å². The fourth-order valence-electron chi connectivity index (χ4n) is 4.64. The van der Waals surface area contributed by atoms with Gasteiger partial charge in [-0.15, -0.1) is 12.8 Å². The van der Waals surface area contributed by atoms with Gasteiger partial charge in [-0.3, -0.25) is 14.9 Å². The zero-order valence-corrected chi connectivity index (χ0v) is 23.5. The molecule has 41 heavy (non-hydrogen) atoms. The highest BCUT2D eigenvalue weighted by Gasteiger charge is 2.23. The molecule has 2 saturated heterocycles. The molecule has 1 aromatic heterocycles. The molecule has 0 bridgehead atoms. The number of nitrogens with two attached hydrogens (primary N) is 1. The highest BCUT2D eigenvalue weighted by molar-refractivity contribution is 6.02. The third kappa shape index (κ3) is 9.72. The molecule has 10 nitrogen and oxygen atoms in total. The number of carbonyl (C=O) groups is 3. The van der Waals surface area contributed by atoms with Crippen molar-refractivity contribution in [2.75, 3.05) is 31.5 Å². The average Bonchev–Trinajstić information content (AvgIpc) is 3.58. The second kappa shape index (κ2) is 15.7. The number of aryl methyl sites for hydroxylation is 1. The molecule has 0 radical (unpaired) electrons. The van der Waals surface area contributed by atoms with E-state index in [9.17, 15) is 14.4 Å². The van der Waals surface area contributed by atoms with Crippen LogP contribution in [0.1, 0.15) is 44.3 Å². The van der Waals surface area contributed by atoms with Gasteiger partial charge >= 0.3 is 6.03 Å². The molecule has 0 spiro atoms. The Labute approximate surface area is 241 Å². The monoisotopic (exact) mass is 558 g/mol. The number of likely N-dealkylation sites (tertiary alicyclic amines) is 2. The number of anilines is 1. The Morgan fingerprint density at radius 3 is 2.41 bits per heavy atom. The van der Waals surface area contributed by atoms with Gasteiger partial charge in [0.05, 0.1) is 12.2 Å². The summed E-state index contributed by atoms with van der Waals surface area (Å²) in [7, 11) is 0. The number of rotatable bonds is 4. The van der Waals surface area contributed by atoms with E-state index in [0.717, 1.165) is 68.5 Å². The van der Waals surface area contributed by atoms with Crippen LogP contribution in [0.4, 0.5) is 16.2 Å². The molecule has 2 aromatic carbocycles. The molecule has 4 N–H and O–H groups in total. The number of hydrogen-bond acceptors (Lipinski definition) is 5. The number of guanidine groups is 1. The number of fused-ring (bicyclic) bond motifs is 1. The summed E-state index contributed by atoms with van der Waals surface area (Å²) in [5.41, 5.74) is 7.86. The Morgan fingerprint density at radius 1 is 0.976 bits per heavy atom. The van der Waals surface area contributed by atoms with Crippen molar-refractivity contribution < 1.29 is 18.8 Å². The fourth-order valence-corrected chi connectivity index (χ4v) is 4.64. The maximum atomic E-state index is 11.9. The van der Waals surface area contributed by atoms with E-state index in [-0.39, 0.29) is 17.8 Å². The van der Waals surface area contributed by atoms with Gasteiger partial charge in [0.1, 0.15) is 11.3 Å². The van der Waals surface area contributed by atoms with Gasteiger partial charge < -0.3 is 25.3 Å². The lowest BCUT2D eigenvalue weighted by atomic mass is 10.2. The molecule has 3 aromatic rings. The number of carbonyl (C=O) groups excluding carboxylic acids is 3. The van der Waals surface area contributed by atoms with Crippen LogP contribution < -0.4 is 16.4 Å². The second-order valence-corrected chi connectivity index (χ2v) is 9.74. The van der Waals surface area contributed by atoms with Crippen molar-refractivity contribution in [1.29, 1.82) is 0 Å². The second-order valence-electron chi connectivity index (χ2n) is 9.74. The number of nitrogens with zero attached hydrogens (tertiary/aromatic N) is 3. The topological polar surface area (TPSA) is 133 Å². The Hall–Kier alpha value is -4.78. The molecule has 3 heterocycles. The molecular formula is C31H38N6O4. The number of para-hydroxylation sites is 1. The molecule has 2 fully saturated rings. The zero-order chi connectivity index (χ0) is 29.6. The minimum atomic E-state index is -0.447. The summed E-state index contributed by atoms with van der Waals surface area (Å²) in [6, 6.07) is 16.0. The zero-order valence-electron chi connectivity index (χ0n) is 23.5. The van der Waals surface area contributed by atoms with Gasteiger partial charge in [0.25, 0.3) is 0 Å². The quantitative estimate of drug-likeness (QED) is 0.241. The number of amides is 4.